The number of pyridine rings is 2. The molecule has 0 aliphatic carbocycles. The van der Waals surface area contributed by atoms with Crippen molar-refractivity contribution in [1.82, 2.24) is 9.97 Å². The Bertz CT molecular complexity index is 1290. The van der Waals surface area contributed by atoms with Gasteiger partial charge in [0.15, 0.2) is 23.0 Å². The first-order valence-electron chi connectivity index (χ1n) is 11.4. The number of benzene rings is 2. The van der Waals surface area contributed by atoms with Gasteiger partial charge in [0.1, 0.15) is 0 Å². The van der Waals surface area contributed by atoms with Gasteiger partial charge in [-0.1, -0.05) is 24.3 Å². The van der Waals surface area contributed by atoms with E-state index < -0.39 is 0 Å². The van der Waals surface area contributed by atoms with Crippen molar-refractivity contribution in [2.75, 3.05) is 14.2 Å². The van der Waals surface area contributed by atoms with Crippen molar-refractivity contribution in [2.45, 2.75) is 12.8 Å². The van der Waals surface area contributed by atoms with Crippen LogP contribution in [-0.4, -0.2) is 34.4 Å². The fraction of sp³-hybridized carbons (Fsp3) is 0.133. The summed E-state index contributed by atoms with van der Waals surface area (Å²) in [4.78, 5) is 9.14. The number of hydrogen-bond acceptors (Lipinski definition) is 6. The zero-order chi connectivity index (χ0) is 25.7. The van der Waals surface area contributed by atoms with Gasteiger partial charge in [-0.15, -0.1) is 13.2 Å². The molecule has 1 radical (unpaired) electrons. The van der Waals surface area contributed by atoms with E-state index >= 15 is 0 Å². The molecule has 0 aliphatic rings. The van der Waals surface area contributed by atoms with Crippen LogP contribution in [0.5, 0.6) is 23.0 Å². The third-order valence-corrected chi connectivity index (χ3v) is 5.88. The van der Waals surface area contributed by atoms with E-state index in [0.717, 1.165) is 22.3 Å². The Hall–Kier alpha value is -4.06. The van der Waals surface area contributed by atoms with Crippen molar-refractivity contribution < 1.29 is 36.8 Å². The second kappa shape index (κ2) is 12.3. The Labute approximate surface area is 227 Å². The van der Waals surface area contributed by atoms with Crippen molar-refractivity contribution in [3.8, 4) is 56.6 Å². The van der Waals surface area contributed by atoms with Crippen LogP contribution >= 0.6 is 0 Å². The molecule has 0 aliphatic heterocycles. The number of phenols is 2. The van der Waals surface area contributed by atoms with Gasteiger partial charge in [0.2, 0.25) is 0 Å². The van der Waals surface area contributed by atoms with Gasteiger partial charge in [-0.2, -0.15) is 0 Å². The van der Waals surface area contributed by atoms with Crippen molar-refractivity contribution >= 4 is 0 Å². The Kier molecular flexibility index (Phi) is 9.12. The minimum Gasteiger partial charge on any atom is -0.504 e. The van der Waals surface area contributed by atoms with Crippen molar-refractivity contribution in [3.63, 3.8) is 0 Å². The van der Waals surface area contributed by atoms with E-state index in [4.69, 9.17) is 9.47 Å². The molecule has 0 fully saturated rings. The molecule has 2 heterocycles. The second-order valence-electron chi connectivity index (χ2n) is 8.24. The standard InChI is InChI=1S/C30H28N2O4.Mn/c1-5-7-19-13-23(29(33)27(15-19)35-3)21-9-11-25(31-17-21)26-12-10-22(18-32-26)24-14-20(8-6-2)16-28(36-4)30(24)34;/h5-6,9-18,33-34H,1-2,7-8H2,3-4H3;. The number of methoxy groups -OCH3 is 2. The van der Waals surface area contributed by atoms with E-state index in [9.17, 15) is 10.2 Å². The van der Waals surface area contributed by atoms with Crippen LogP contribution in [-0.2, 0) is 29.9 Å². The zero-order valence-electron chi connectivity index (χ0n) is 20.7. The molecule has 37 heavy (non-hydrogen) atoms. The molecule has 0 spiro atoms. The van der Waals surface area contributed by atoms with Gasteiger partial charge in [-0.3, -0.25) is 9.97 Å². The van der Waals surface area contributed by atoms with Crippen LogP contribution in [0.15, 0.2) is 86.2 Å². The van der Waals surface area contributed by atoms with E-state index in [-0.39, 0.29) is 28.6 Å². The molecule has 6 nitrogen and oxygen atoms in total. The molecule has 2 aromatic carbocycles. The molecule has 2 N–H and O–H groups in total. The molecule has 0 saturated heterocycles. The van der Waals surface area contributed by atoms with Gasteiger partial charge in [0.05, 0.1) is 25.6 Å². The average molecular weight is 536 g/mol. The summed E-state index contributed by atoms with van der Waals surface area (Å²) in [5, 5.41) is 21.3. The summed E-state index contributed by atoms with van der Waals surface area (Å²) in [6.07, 6.45) is 8.32. The molecular formula is C30H28MnN2O4. The monoisotopic (exact) mass is 535 g/mol. The number of phenolic OH excluding ortho intramolecular Hbond substituents is 2. The molecule has 2 aromatic heterocycles. The summed E-state index contributed by atoms with van der Waals surface area (Å²) in [6, 6.07) is 14.9. The van der Waals surface area contributed by atoms with E-state index in [2.05, 4.69) is 23.1 Å². The van der Waals surface area contributed by atoms with E-state index in [1.807, 2.05) is 36.4 Å². The Morgan fingerprint density at radius 1 is 0.703 bits per heavy atom. The van der Waals surface area contributed by atoms with Crippen LogP contribution < -0.4 is 9.47 Å². The molecule has 0 amide bonds. The molecule has 4 rings (SSSR count). The molecule has 0 bridgehead atoms. The van der Waals surface area contributed by atoms with Gasteiger partial charge in [0, 0.05) is 51.7 Å². The van der Waals surface area contributed by atoms with Crippen molar-refractivity contribution in [1.29, 1.82) is 0 Å². The minimum atomic E-state index is 0. The molecule has 0 atom stereocenters. The van der Waals surface area contributed by atoms with Crippen LogP contribution in [0.25, 0.3) is 33.6 Å². The van der Waals surface area contributed by atoms with Gasteiger partial charge < -0.3 is 19.7 Å². The maximum absolute atomic E-state index is 10.6. The number of rotatable bonds is 9. The van der Waals surface area contributed by atoms with Crippen LogP contribution in [0.2, 0.25) is 0 Å². The van der Waals surface area contributed by atoms with Crippen LogP contribution in [0.1, 0.15) is 11.1 Å². The third-order valence-electron chi connectivity index (χ3n) is 5.88. The van der Waals surface area contributed by atoms with E-state index in [1.54, 1.807) is 36.7 Å². The van der Waals surface area contributed by atoms with Gasteiger partial charge >= 0.3 is 0 Å². The van der Waals surface area contributed by atoms with Crippen molar-refractivity contribution in [3.05, 3.63) is 97.4 Å². The summed E-state index contributed by atoms with van der Waals surface area (Å²) in [7, 11) is 3.05. The van der Waals surface area contributed by atoms with E-state index in [1.165, 1.54) is 14.2 Å². The fourth-order valence-corrected chi connectivity index (χ4v) is 4.06. The number of ether oxygens (including phenoxy) is 2. The summed E-state index contributed by atoms with van der Waals surface area (Å²) in [5.41, 5.74) is 6.11. The summed E-state index contributed by atoms with van der Waals surface area (Å²) in [5.74, 6) is 0.943. The average Bonchev–Trinajstić information content (AvgIpc) is 2.91. The number of aromatic nitrogens is 2. The first kappa shape index (κ1) is 27.5. The molecule has 7 heteroatoms. The Balaban J connectivity index is 0.00000380. The number of allylic oxidation sites excluding steroid dienone is 2. The van der Waals surface area contributed by atoms with Crippen LogP contribution in [0, 0.1) is 0 Å². The zero-order valence-corrected chi connectivity index (χ0v) is 21.9. The number of aromatic hydroxyl groups is 2. The molecule has 189 valence electrons. The first-order chi connectivity index (χ1) is 17.5. The normalized spacial score (nSPS) is 10.3. The Morgan fingerprint density at radius 3 is 1.41 bits per heavy atom. The second-order valence-corrected chi connectivity index (χ2v) is 8.24. The molecule has 0 saturated carbocycles. The largest absolute Gasteiger partial charge is 0.504 e. The predicted molar refractivity (Wildman–Crippen MR) is 143 cm³/mol. The topological polar surface area (TPSA) is 84.7 Å². The number of hydrogen-bond donors (Lipinski definition) is 2. The fourth-order valence-electron chi connectivity index (χ4n) is 4.06. The molecule has 0 unspecified atom stereocenters. The maximum atomic E-state index is 10.6. The first-order valence-corrected chi connectivity index (χ1v) is 11.4. The smallest absolute Gasteiger partial charge is 0.165 e. The minimum absolute atomic E-state index is 0. The summed E-state index contributed by atoms with van der Waals surface area (Å²) in [6.45, 7) is 7.57. The SMILES string of the molecule is C=CCc1cc(OC)c(O)c(-c2ccc(-c3ccc(-c4cc(CC=C)cc(OC)c4O)cn3)nc2)c1.[Mn]. The summed E-state index contributed by atoms with van der Waals surface area (Å²) >= 11 is 0. The summed E-state index contributed by atoms with van der Waals surface area (Å²) < 4.78 is 10.7. The van der Waals surface area contributed by atoms with Gasteiger partial charge in [0.25, 0.3) is 0 Å². The van der Waals surface area contributed by atoms with E-state index in [0.29, 0.717) is 46.9 Å². The quantitative estimate of drug-likeness (QED) is 0.192. The Morgan fingerprint density at radius 2 is 1.11 bits per heavy atom. The predicted octanol–water partition coefficient (Wildman–Crippen LogP) is 6.36. The maximum Gasteiger partial charge on any atom is 0.165 e. The molecule has 4 aromatic rings. The van der Waals surface area contributed by atoms with Crippen molar-refractivity contribution in [2.24, 2.45) is 0 Å². The van der Waals surface area contributed by atoms with Crippen LogP contribution in [0.4, 0.5) is 0 Å². The third kappa shape index (κ3) is 5.85. The van der Waals surface area contributed by atoms with Gasteiger partial charge in [-0.05, 0) is 60.4 Å². The van der Waals surface area contributed by atoms with Gasteiger partial charge in [-0.25, -0.2) is 0 Å². The number of nitrogens with zero attached hydrogens (tertiary/aromatic N) is 2. The molecular weight excluding hydrogens is 507 g/mol. The van der Waals surface area contributed by atoms with Crippen LogP contribution in [0.3, 0.4) is 0 Å².